The van der Waals surface area contributed by atoms with E-state index < -0.39 is 0 Å². The van der Waals surface area contributed by atoms with Crippen LogP contribution in [0.3, 0.4) is 0 Å². The topological polar surface area (TPSA) is 64.4 Å². The average Bonchev–Trinajstić information content (AvgIpc) is 3.06. The molecule has 2 aromatic rings. The van der Waals surface area contributed by atoms with Gasteiger partial charge in [-0.2, -0.15) is 0 Å². The second kappa shape index (κ2) is 8.53. The Labute approximate surface area is 179 Å². The maximum absolute atomic E-state index is 13.4. The fourth-order valence-electron chi connectivity index (χ4n) is 3.73. The molecule has 0 N–H and O–H groups in total. The predicted octanol–water partition coefficient (Wildman–Crippen LogP) is 2.84. The van der Waals surface area contributed by atoms with Crippen molar-refractivity contribution in [2.45, 2.75) is 42.5 Å². The van der Waals surface area contributed by atoms with Crippen LogP contribution in [0.25, 0.3) is 5.69 Å². The summed E-state index contributed by atoms with van der Waals surface area (Å²) in [7, 11) is 0. The third-order valence-corrected chi connectivity index (χ3v) is 7.17. The van der Waals surface area contributed by atoms with Crippen LogP contribution < -0.4 is 5.56 Å². The Bertz CT molecular complexity index is 979. The summed E-state index contributed by atoms with van der Waals surface area (Å²) < 4.78 is 7.01. The van der Waals surface area contributed by atoms with E-state index >= 15 is 0 Å². The number of aromatic nitrogens is 2. The zero-order chi connectivity index (χ0) is 20.5. The number of thioether (sulfide) groups is 2. The van der Waals surface area contributed by atoms with Crippen molar-refractivity contribution in [1.82, 2.24) is 14.5 Å². The zero-order valence-electron chi connectivity index (χ0n) is 16.9. The highest BCUT2D eigenvalue weighted by Gasteiger charge is 2.27. The Balaban J connectivity index is 1.70. The molecule has 8 heteroatoms. The summed E-state index contributed by atoms with van der Waals surface area (Å²) in [6.07, 6.45) is 0.786. The minimum Gasteiger partial charge on any atom is -0.378 e. The summed E-state index contributed by atoms with van der Waals surface area (Å²) in [4.78, 5) is 33.4. The summed E-state index contributed by atoms with van der Waals surface area (Å²) in [5.41, 5.74) is 3.82. The van der Waals surface area contributed by atoms with Crippen LogP contribution in [0, 0.1) is 13.8 Å². The molecule has 6 nitrogen and oxygen atoms in total. The molecule has 154 valence electrons. The van der Waals surface area contributed by atoms with E-state index in [1.54, 1.807) is 16.3 Å². The number of carbonyl (C=O) groups is 1. The molecule has 29 heavy (non-hydrogen) atoms. The van der Waals surface area contributed by atoms with Gasteiger partial charge in [0.15, 0.2) is 5.16 Å². The first-order valence-electron chi connectivity index (χ1n) is 9.82. The molecule has 0 aliphatic carbocycles. The molecule has 1 unspecified atom stereocenters. The van der Waals surface area contributed by atoms with Crippen molar-refractivity contribution in [1.29, 1.82) is 0 Å². The first-order valence-corrected chi connectivity index (χ1v) is 11.7. The monoisotopic (exact) mass is 431 g/mol. The van der Waals surface area contributed by atoms with Crippen LogP contribution in [-0.4, -0.2) is 57.7 Å². The molecule has 4 rings (SSSR count). The second-order valence-corrected chi connectivity index (χ2v) is 9.96. The van der Waals surface area contributed by atoms with Crippen molar-refractivity contribution >= 4 is 29.4 Å². The van der Waals surface area contributed by atoms with Crippen molar-refractivity contribution in [2.75, 3.05) is 32.1 Å². The molecular weight excluding hydrogens is 406 g/mol. The van der Waals surface area contributed by atoms with E-state index in [9.17, 15) is 9.59 Å². The molecule has 3 heterocycles. The third-order valence-electron chi connectivity index (χ3n) is 5.03. The fraction of sp³-hybridized carbons (Fsp3) is 0.476. The SMILES string of the molecule is Cc1cc(C)cc(-n2c(SCC(=O)N3CCOCC3)nc3c(c2=O)SC(C)C3)c1. The van der Waals surface area contributed by atoms with Gasteiger partial charge in [0.1, 0.15) is 0 Å². The highest BCUT2D eigenvalue weighted by molar-refractivity contribution is 8.00. The number of morpholine rings is 1. The zero-order valence-corrected chi connectivity index (χ0v) is 18.6. The van der Waals surface area contributed by atoms with Crippen LogP contribution in [0.1, 0.15) is 23.7 Å². The summed E-state index contributed by atoms with van der Waals surface area (Å²) >= 11 is 2.94. The number of rotatable bonds is 4. The molecule has 2 aliphatic heterocycles. The number of fused-ring (bicyclic) bond motifs is 1. The molecular formula is C21H25N3O3S2. The van der Waals surface area contributed by atoms with Gasteiger partial charge in [0.2, 0.25) is 5.91 Å². The van der Waals surface area contributed by atoms with Crippen molar-refractivity contribution in [2.24, 2.45) is 0 Å². The van der Waals surface area contributed by atoms with Crippen LogP contribution in [0.15, 0.2) is 33.0 Å². The van der Waals surface area contributed by atoms with Gasteiger partial charge >= 0.3 is 0 Å². The summed E-state index contributed by atoms with van der Waals surface area (Å²) in [6, 6.07) is 6.08. The normalized spacial score (nSPS) is 18.7. The fourth-order valence-corrected chi connectivity index (χ4v) is 5.76. The van der Waals surface area contributed by atoms with Gasteiger partial charge in [-0.1, -0.05) is 24.8 Å². The first kappa shape index (κ1) is 20.5. The maximum atomic E-state index is 13.4. The van der Waals surface area contributed by atoms with Gasteiger partial charge in [0, 0.05) is 24.8 Å². The van der Waals surface area contributed by atoms with Crippen molar-refractivity contribution < 1.29 is 9.53 Å². The number of carbonyl (C=O) groups excluding carboxylic acids is 1. The highest BCUT2D eigenvalue weighted by atomic mass is 32.2. The number of aryl methyl sites for hydroxylation is 2. The number of nitrogens with zero attached hydrogens (tertiary/aromatic N) is 3. The average molecular weight is 432 g/mol. The largest absolute Gasteiger partial charge is 0.378 e. The molecule has 1 fully saturated rings. The van der Waals surface area contributed by atoms with E-state index in [2.05, 4.69) is 13.0 Å². The van der Waals surface area contributed by atoms with Crippen LogP contribution in [-0.2, 0) is 16.0 Å². The number of benzene rings is 1. The lowest BCUT2D eigenvalue weighted by atomic mass is 10.1. The molecule has 0 radical (unpaired) electrons. The lowest BCUT2D eigenvalue weighted by molar-refractivity contribution is -0.132. The van der Waals surface area contributed by atoms with E-state index in [1.165, 1.54) is 11.8 Å². The minimum absolute atomic E-state index is 0.0318. The van der Waals surface area contributed by atoms with Gasteiger partial charge in [0.25, 0.3) is 5.56 Å². The standard InChI is InChI=1S/C21H25N3O3S2/c1-13-8-14(2)10-16(9-13)24-20(26)19-17(11-15(3)29-19)22-21(24)28-12-18(25)23-4-6-27-7-5-23/h8-10,15H,4-7,11-12H2,1-3H3. The van der Waals surface area contributed by atoms with Crippen LogP contribution in [0.4, 0.5) is 0 Å². The quantitative estimate of drug-likeness (QED) is 0.548. The van der Waals surface area contributed by atoms with Crippen molar-refractivity contribution in [3.63, 3.8) is 0 Å². The molecule has 0 saturated carbocycles. The minimum atomic E-state index is -0.0318. The number of ether oxygens (including phenoxy) is 1. The van der Waals surface area contributed by atoms with E-state index in [-0.39, 0.29) is 17.2 Å². The van der Waals surface area contributed by atoms with Gasteiger partial charge in [0.05, 0.1) is 35.2 Å². The molecule has 1 saturated heterocycles. The summed E-state index contributed by atoms with van der Waals surface area (Å²) in [5.74, 6) is 0.321. The molecule has 1 amide bonds. The molecule has 0 spiro atoms. The summed E-state index contributed by atoms with van der Waals surface area (Å²) in [5, 5.41) is 0.934. The van der Waals surface area contributed by atoms with Gasteiger partial charge in [-0.25, -0.2) is 4.98 Å². The Kier molecular flexibility index (Phi) is 6.03. The van der Waals surface area contributed by atoms with Crippen LogP contribution >= 0.6 is 23.5 Å². The van der Waals surface area contributed by atoms with Gasteiger partial charge < -0.3 is 9.64 Å². The molecule has 1 atom stereocenters. The van der Waals surface area contributed by atoms with Crippen LogP contribution in [0.5, 0.6) is 0 Å². The molecule has 1 aromatic carbocycles. The number of hydrogen-bond acceptors (Lipinski definition) is 6. The Morgan fingerprint density at radius 3 is 2.62 bits per heavy atom. The van der Waals surface area contributed by atoms with Gasteiger partial charge in [-0.3, -0.25) is 14.2 Å². The molecule has 0 bridgehead atoms. The maximum Gasteiger partial charge on any atom is 0.272 e. The molecule has 1 aromatic heterocycles. The molecule has 2 aliphatic rings. The number of amides is 1. The summed E-state index contributed by atoms with van der Waals surface area (Å²) in [6.45, 7) is 8.55. The second-order valence-electron chi connectivity index (χ2n) is 7.57. The lowest BCUT2D eigenvalue weighted by Crippen LogP contribution is -2.41. The van der Waals surface area contributed by atoms with E-state index in [1.807, 2.05) is 30.9 Å². The first-order chi connectivity index (χ1) is 13.9. The van der Waals surface area contributed by atoms with Crippen LogP contribution in [0.2, 0.25) is 0 Å². The number of hydrogen-bond donors (Lipinski definition) is 0. The van der Waals surface area contributed by atoms with E-state index in [0.717, 1.165) is 33.8 Å². The van der Waals surface area contributed by atoms with E-state index in [0.29, 0.717) is 36.7 Å². The predicted molar refractivity (Wildman–Crippen MR) is 116 cm³/mol. The Morgan fingerprint density at radius 1 is 1.24 bits per heavy atom. The van der Waals surface area contributed by atoms with Crippen molar-refractivity contribution in [3.8, 4) is 5.69 Å². The Hall–Kier alpha value is -1.77. The smallest absolute Gasteiger partial charge is 0.272 e. The Morgan fingerprint density at radius 2 is 1.93 bits per heavy atom. The highest BCUT2D eigenvalue weighted by Crippen LogP contribution is 2.35. The van der Waals surface area contributed by atoms with Gasteiger partial charge in [-0.15, -0.1) is 11.8 Å². The van der Waals surface area contributed by atoms with E-state index in [4.69, 9.17) is 9.72 Å². The lowest BCUT2D eigenvalue weighted by Gasteiger charge is -2.26. The third kappa shape index (κ3) is 4.39. The van der Waals surface area contributed by atoms with Crippen molar-refractivity contribution in [3.05, 3.63) is 45.4 Å². The van der Waals surface area contributed by atoms with Gasteiger partial charge in [-0.05, 0) is 37.1 Å².